The van der Waals surface area contributed by atoms with Gasteiger partial charge in [-0.05, 0) is 25.5 Å². The van der Waals surface area contributed by atoms with Crippen molar-refractivity contribution in [3.8, 4) is 0 Å². The van der Waals surface area contributed by atoms with Gasteiger partial charge < -0.3 is 9.84 Å². The predicted octanol–water partition coefficient (Wildman–Crippen LogP) is 1.77. The lowest BCUT2D eigenvalue weighted by Crippen LogP contribution is -2.41. The minimum absolute atomic E-state index is 0.0103. The van der Waals surface area contributed by atoms with Gasteiger partial charge >= 0.3 is 0 Å². The van der Waals surface area contributed by atoms with Crippen molar-refractivity contribution in [3.63, 3.8) is 0 Å². The summed E-state index contributed by atoms with van der Waals surface area (Å²) in [4.78, 5) is 11.9. The van der Waals surface area contributed by atoms with Crippen LogP contribution in [0.4, 0.5) is 0 Å². The van der Waals surface area contributed by atoms with Crippen molar-refractivity contribution in [1.82, 2.24) is 14.9 Å². The first-order valence-electron chi connectivity index (χ1n) is 8.33. The SMILES string of the molecule is Cc1nc2ccccc2nc1CN1C[C@@H]2COCC[C@]2(CO)C1. The standard InChI is InChI=1S/C18H23N3O2/c1-13-17(20-16-5-3-2-4-15(16)19-13)9-21-8-14-10-23-7-6-18(14,11-21)12-22/h2-5,14,22H,6-12H2,1H3/t14-,18-/m1/s1. The van der Waals surface area contributed by atoms with Gasteiger partial charge in [-0.3, -0.25) is 4.90 Å². The molecule has 0 unspecified atom stereocenters. The maximum atomic E-state index is 9.92. The van der Waals surface area contributed by atoms with E-state index in [2.05, 4.69) is 9.88 Å². The molecule has 0 spiro atoms. The maximum Gasteiger partial charge on any atom is 0.0890 e. The molecule has 4 rings (SSSR count). The topological polar surface area (TPSA) is 58.5 Å². The largest absolute Gasteiger partial charge is 0.396 e. The summed E-state index contributed by atoms with van der Waals surface area (Å²) in [6, 6.07) is 8.00. The number of benzene rings is 1. The second-order valence-electron chi connectivity index (χ2n) is 6.96. The second-order valence-corrected chi connectivity index (χ2v) is 6.96. The van der Waals surface area contributed by atoms with Gasteiger partial charge in [-0.25, -0.2) is 9.97 Å². The molecule has 0 saturated carbocycles. The van der Waals surface area contributed by atoms with Crippen LogP contribution >= 0.6 is 0 Å². The highest BCUT2D eigenvalue weighted by molar-refractivity contribution is 5.74. The van der Waals surface area contributed by atoms with E-state index >= 15 is 0 Å². The van der Waals surface area contributed by atoms with Gasteiger partial charge in [0, 0.05) is 37.6 Å². The lowest BCUT2D eigenvalue weighted by Gasteiger charge is -2.36. The van der Waals surface area contributed by atoms with Gasteiger partial charge in [0.1, 0.15) is 0 Å². The van der Waals surface area contributed by atoms with Crippen LogP contribution in [0.2, 0.25) is 0 Å². The third-order valence-electron chi connectivity index (χ3n) is 5.48. The Labute approximate surface area is 136 Å². The highest BCUT2D eigenvalue weighted by Crippen LogP contribution is 2.42. The number of ether oxygens (including phenoxy) is 1. The zero-order valence-electron chi connectivity index (χ0n) is 13.5. The number of aliphatic hydroxyl groups is 1. The van der Waals surface area contributed by atoms with Crippen molar-refractivity contribution in [2.45, 2.75) is 19.9 Å². The number of rotatable bonds is 3. The van der Waals surface area contributed by atoms with Crippen LogP contribution in [0, 0.1) is 18.3 Å². The van der Waals surface area contributed by atoms with Gasteiger partial charge in [0.15, 0.2) is 0 Å². The van der Waals surface area contributed by atoms with E-state index in [1.165, 1.54) is 0 Å². The molecule has 2 aliphatic rings. The Balaban J connectivity index is 1.58. The van der Waals surface area contributed by atoms with Crippen LogP contribution in [0.1, 0.15) is 17.8 Å². The van der Waals surface area contributed by atoms with Crippen LogP contribution in [-0.4, -0.2) is 52.9 Å². The Morgan fingerprint density at radius 3 is 2.83 bits per heavy atom. The molecule has 2 saturated heterocycles. The van der Waals surface area contributed by atoms with E-state index in [1.807, 2.05) is 31.2 Å². The number of nitrogens with zero attached hydrogens (tertiary/aromatic N) is 3. The van der Waals surface area contributed by atoms with E-state index in [9.17, 15) is 5.11 Å². The van der Waals surface area contributed by atoms with Crippen molar-refractivity contribution in [1.29, 1.82) is 0 Å². The van der Waals surface area contributed by atoms with Crippen LogP contribution in [0.5, 0.6) is 0 Å². The third-order valence-corrected chi connectivity index (χ3v) is 5.48. The van der Waals surface area contributed by atoms with Gasteiger partial charge in [0.2, 0.25) is 0 Å². The number of aryl methyl sites for hydroxylation is 1. The Morgan fingerprint density at radius 1 is 1.30 bits per heavy atom. The van der Waals surface area contributed by atoms with E-state index in [0.29, 0.717) is 5.92 Å². The first-order valence-corrected chi connectivity index (χ1v) is 8.33. The van der Waals surface area contributed by atoms with Gasteiger partial charge in [0.25, 0.3) is 0 Å². The number of fused-ring (bicyclic) bond motifs is 2. The molecule has 0 amide bonds. The average molecular weight is 313 g/mol. The highest BCUT2D eigenvalue weighted by atomic mass is 16.5. The zero-order chi connectivity index (χ0) is 15.9. The number of hydrogen-bond acceptors (Lipinski definition) is 5. The Morgan fingerprint density at radius 2 is 2.09 bits per heavy atom. The maximum absolute atomic E-state index is 9.92. The number of hydrogen-bond donors (Lipinski definition) is 1. The summed E-state index contributed by atoms with van der Waals surface area (Å²) in [6.45, 7) is 6.49. The molecule has 1 N–H and O–H groups in total. The normalized spacial score (nSPS) is 28.2. The van der Waals surface area contributed by atoms with Gasteiger partial charge in [-0.2, -0.15) is 0 Å². The van der Waals surface area contributed by atoms with E-state index in [4.69, 9.17) is 9.72 Å². The average Bonchev–Trinajstić information content (AvgIpc) is 2.94. The fourth-order valence-corrected chi connectivity index (χ4v) is 4.02. The molecule has 23 heavy (non-hydrogen) atoms. The number of aromatic nitrogens is 2. The fraction of sp³-hybridized carbons (Fsp3) is 0.556. The lowest BCUT2D eigenvalue weighted by atomic mass is 9.75. The molecule has 0 aliphatic carbocycles. The van der Waals surface area contributed by atoms with Crippen LogP contribution in [-0.2, 0) is 11.3 Å². The molecular weight excluding hydrogens is 290 g/mol. The van der Waals surface area contributed by atoms with Crippen LogP contribution in [0.3, 0.4) is 0 Å². The number of likely N-dealkylation sites (tertiary alicyclic amines) is 1. The molecule has 3 heterocycles. The van der Waals surface area contributed by atoms with Crippen LogP contribution in [0.25, 0.3) is 11.0 Å². The minimum atomic E-state index is 0.0103. The zero-order valence-corrected chi connectivity index (χ0v) is 13.5. The van der Waals surface area contributed by atoms with Crippen molar-refractivity contribution >= 4 is 11.0 Å². The molecule has 2 aromatic rings. The molecule has 5 heteroatoms. The molecule has 2 atom stereocenters. The Hall–Kier alpha value is -1.56. The van der Waals surface area contributed by atoms with E-state index < -0.39 is 0 Å². The highest BCUT2D eigenvalue weighted by Gasteiger charge is 2.47. The van der Waals surface area contributed by atoms with Gasteiger partial charge in [-0.1, -0.05) is 12.1 Å². The molecule has 1 aromatic heterocycles. The first kappa shape index (κ1) is 15.0. The van der Waals surface area contributed by atoms with Gasteiger partial charge in [0.05, 0.1) is 35.6 Å². The van der Waals surface area contributed by atoms with Crippen LogP contribution < -0.4 is 0 Å². The summed E-state index contributed by atoms with van der Waals surface area (Å²) in [5, 5.41) is 9.92. The summed E-state index contributed by atoms with van der Waals surface area (Å²) in [6.07, 6.45) is 0.951. The van der Waals surface area contributed by atoms with Crippen molar-refractivity contribution in [2.75, 3.05) is 32.9 Å². The summed E-state index contributed by atoms with van der Waals surface area (Å²) >= 11 is 0. The first-order chi connectivity index (χ1) is 11.2. The van der Waals surface area contributed by atoms with Gasteiger partial charge in [-0.15, -0.1) is 0 Å². The molecule has 0 radical (unpaired) electrons. The molecule has 2 fully saturated rings. The molecule has 1 aromatic carbocycles. The monoisotopic (exact) mass is 313 g/mol. The predicted molar refractivity (Wildman–Crippen MR) is 88.0 cm³/mol. The van der Waals surface area contributed by atoms with Crippen molar-refractivity contribution < 1.29 is 9.84 Å². The molecule has 5 nitrogen and oxygen atoms in total. The molecule has 2 aliphatic heterocycles. The lowest BCUT2D eigenvalue weighted by molar-refractivity contribution is -0.0417. The van der Waals surface area contributed by atoms with Crippen molar-refractivity contribution in [2.24, 2.45) is 11.3 Å². The Bertz CT molecular complexity index is 720. The summed E-state index contributed by atoms with van der Waals surface area (Å²) < 4.78 is 5.62. The summed E-state index contributed by atoms with van der Waals surface area (Å²) in [5.41, 5.74) is 3.94. The summed E-state index contributed by atoms with van der Waals surface area (Å²) in [5.74, 6) is 0.426. The third kappa shape index (κ3) is 2.63. The fourth-order valence-electron chi connectivity index (χ4n) is 4.02. The quantitative estimate of drug-likeness (QED) is 0.936. The van der Waals surface area contributed by atoms with Crippen LogP contribution in [0.15, 0.2) is 24.3 Å². The molecular formula is C18H23N3O2. The molecule has 0 bridgehead atoms. The van der Waals surface area contributed by atoms with E-state index in [-0.39, 0.29) is 12.0 Å². The Kier molecular flexibility index (Phi) is 3.79. The number of para-hydroxylation sites is 2. The smallest absolute Gasteiger partial charge is 0.0890 e. The minimum Gasteiger partial charge on any atom is -0.396 e. The van der Waals surface area contributed by atoms with E-state index in [0.717, 1.165) is 61.7 Å². The second kappa shape index (κ2) is 5.82. The summed E-state index contributed by atoms with van der Waals surface area (Å²) in [7, 11) is 0. The van der Waals surface area contributed by atoms with Crippen molar-refractivity contribution in [3.05, 3.63) is 35.7 Å². The van der Waals surface area contributed by atoms with E-state index in [1.54, 1.807) is 0 Å². The number of aliphatic hydroxyl groups excluding tert-OH is 1. The molecule has 122 valence electrons.